The predicted molar refractivity (Wildman–Crippen MR) is 80.8 cm³/mol. The topological polar surface area (TPSA) is 71.6 Å². The van der Waals surface area contributed by atoms with E-state index >= 15 is 0 Å². The van der Waals surface area contributed by atoms with Gasteiger partial charge in [0.2, 0.25) is 0 Å². The minimum absolute atomic E-state index is 0.0994. The second kappa shape index (κ2) is 6.15. The maximum absolute atomic E-state index is 12.3. The van der Waals surface area contributed by atoms with Gasteiger partial charge in [0.15, 0.2) is 0 Å². The molecule has 0 bridgehead atoms. The first-order valence-corrected chi connectivity index (χ1v) is 6.85. The number of pyridine rings is 1. The monoisotopic (exact) mass is 294 g/mol. The lowest BCUT2D eigenvalue weighted by molar-refractivity contribution is 0.0654. The number of nitrogens with zero attached hydrogens (tertiary/aromatic N) is 3. The lowest BCUT2D eigenvalue weighted by Gasteiger charge is -2.34. The van der Waals surface area contributed by atoms with E-state index in [4.69, 9.17) is 18.0 Å². The number of thiocarbonyl (C=S) groups is 1. The van der Waals surface area contributed by atoms with Crippen molar-refractivity contribution in [2.75, 3.05) is 32.7 Å². The van der Waals surface area contributed by atoms with Gasteiger partial charge < -0.3 is 15.2 Å². The normalized spacial score (nSPS) is 16.1. The van der Waals surface area contributed by atoms with Gasteiger partial charge in [-0.3, -0.25) is 14.5 Å². The highest BCUT2D eigenvalue weighted by molar-refractivity contribution is 7.80. The Morgan fingerprint density at radius 1 is 1.35 bits per heavy atom. The molecule has 20 heavy (non-hydrogen) atoms. The van der Waals surface area contributed by atoms with Crippen LogP contribution >= 0.6 is 12.2 Å². The number of rotatable bonds is 3. The van der Waals surface area contributed by atoms with E-state index < -0.39 is 0 Å². The number of carbonyl (C=O) groups is 1. The Bertz CT molecular complexity index is 576. The molecule has 2 N–H and O–H groups in total. The first kappa shape index (κ1) is 14.7. The third-order valence-corrected chi connectivity index (χ3v) is 3.52. The van der Waals surface area contributed by atoms with Gasteiger partial charge in [0.1, 0.15) is 0 Å². The molecule has 0 aromatic carbocycles. The fraction of sp³-hybridized carbons (Fsp3) is 0.462. The summed E-state index contributed by atoms with van der Waals surface area (Å²) in [5.74, 6) is -0.0994. The molecule has 0 unspecified atom stereocenters. The van der Waals surface area contributed by atoms with E-state index in [9.17, 15) is 9.59 Å². The molecule has 1 saturated heterocycles. The van der Waals surface area contributed by atoms with Crippen molar-refractivity contribution < 1.29 is 4.79 Å². The third kappa shape index (κ3) is 3.43. The maximum Gasteiger partial charge on any atom is 0.254 e. The van der Waals surface area contributed by atoms with Gasteiger partial charge in [0.25, 0.3) is 11.5 Å². The highest BCUT2D eigenvalue weighted by atomic mass is 32.1. The van der Waals surface area contributed by atoms with Crippen LogP contribution in [0.4, 0.5) is 0 Å². The molecule has 1 aliphatic heterocycles. The molecule has 0 radical (unpaired) electrons. The van der Waals surface area contributed by atoms with E-state index in [2.05, 4.69) is 4.90 Å². The summed E-state index contributed by atoms with van der Waals surface area (Å²) in [4.78, 5) is 28.2. The molecule has 1 fully saturated rings. The van der Waals surface area contributed by atoms with Gasteiger partial charge in [0.05, 0.1) is 4.99 Å². The molecule has 6 nitrogen and oxygen atoms in total. The van der Waals surface area contributed by atoms with Crippen molar-refractivity contribution in [1.29, 1.82) is 0 Å². The van der Waals surface area contributed by atoms with Crippen molar-refractivity contribution in [3.05, 3.63) is 34.2 Å². The first-order valence-electron chi connectivity index (χ1n) is 6.44. The van der Waals surface area contributed by atoms with E-state index in [-0.39, 0.29) is 11.5 Å². The molecule has 1 amide bonds. The number of nitrogens with two attached hydrogens (primary N) is 1. The van der Waals surface area contributed by atoms with Gasteiger partial charge in [-0.25, -0.2) is 0 Å². The van der Waals surface area contributed by atoms with Crippen LogP contribution < -0.4 is 11.3 Å². The Kier molecular flexibility index (Phi) is 4.51. The number of hydrogen-bond acceptors (Lipinski definition) is 4. The smallest absolute Gasteiger partial charge is 0.254 e. The molecule has 0 saturated carbocycles. The van der Waals surface area contributed by atoms with E-state index in [0.29, 0.717) is 30.2 Å². The van der Waals surface area contributed by atoms with Crippen molar-refractivity contribution >= 4 is 23.1 Å². The summed E-state index contributed by atoms with van der Waals surface area (Å²) in [6.45, 7) is 3.32. The Morgan fingerprint density at radius 3 is 2.55 bits per heavy atom. The first-order chi connectivity index (χ1) is 9.47. The fourth-order valence-corrected chi connectivity index (χ4v) is 2.38. The second-order valence-corrected chi connectivity index (χ2v) is 5.42. The SMILES string of the molecule is Cn1ccc(C(=O)N2CCN(CC(N)=S)CC2)cc1=O. The molecular formula is C13H18N4O2S. The molecule has 1 aromatic heterocycles. The number of carbonyl (C=O) groups excluding carboxylic acids is 1. The predicted octanol–water partition coefficient (Wildman–Crippen LogP) is -0.571. The zero-order valence-corrected chi connectivity index (χ0v) is 12.2. The number of aryl methyl sites for hydroxylation is 1. The zero-order chi connectivity index (χ0) is 14.7. The molecule has 0 spiro atoms. The van der Waals surface area contributed by atoms with Gasteiger partial charge in [-0.2, -0.15) is 0 Å². The van der Waals surface area contributed by atoms with Crippen LogP contribution in [-0.2, 0) is 7.05 Å². The number of piperazine rings is 1. The maximum atomic E-state index is 12.3. The van der Waals surface area contributed by atoms with E-state index in [0.717, 1.165) is 13.1 Å². The van der Waals surface area contributed by atoms with Crippen LogP contribution in [0, 0.1) is 0 Å². The Morgan fingerprint density at radius 2 is 2.00 bits per heavy atom. The molecule has 0 atom stereocenters. The summed E-state index contributed by atoms with van der Waals surface area (Å²) >= 11 is 4.88. The standard InChI is InChI=1S/C13H18N4O2S/c1-15-3-2-10(8-12(15)18)13(19)17-6-4-16(5-7-17)9-11(14)20/h2-3,8H,4-7,9H2,1H3,(H2,14,20). The Labute approximate surface area is 122 Å². The molecule has 2 heterocycles. The van der Waals surface area contributed by atoms with Crippen LogP contribution in [0.15, 0.2) is 23.1 Å². The Hall–Kier alpha value is -1.73. The van der Waals surface area contributed by atoms with Crippen molar-refractivity contribution in [3.8, 4) is 0 Å². The summed E-state index contributed by atoms with van der Waals surface area (Å²) in [5.41, 5.74) is 5.77. The second-order valence-electron chi connectivity index (χ2n) is 4.90. The lowest BCUT2D eigenvalue weighted by Crippen LogP contribution is -2.50. The molecule has 1 aliphatic rings. The molecule has 2 rings (SSSR count). The van der Waals surface area contributed by atoms with Crippen LogP contribution in [0.5, 0.6) is 0 Å². The quantitative estimate of drug-likeness (QED) is 0.756. The highest BCUT2D eigenvalue weighted by Crippen LogP contribution is 2.07. The van der Waals surface area contributed by atoms with Crippen molar-refractivity contribution in [2.24, 2.45) is 12.8 Å². The molecule has 108 valence electrons. The van der Waals surface area contributed by atoms with E-state index in [1.54, 1.807) is 24.2 Å². The van der Waals surface area contributed by atoms with Gasteiger partial charge in [-0.1, -0.05) is 12.2 Å². The molecular weight excluding hydrogens is 276 g/mol. The number of aromatic nitrogens is 1. The molecule has 1 aromatic rings. The van der Waals surface area contributed by atoms with Crippen LogP contribution in [0.3, 0.4) is 0 Å². The fourth-order valence-electron chi connectivity index (χ4n) is 2.19. The van der Waals surface area contributed by atoms with Crippen LogP contribution in [-0.4, -0.2) is 58.0 Å². The van der Waals surface area contributed by atoms with Crippen molar-refractivity contribution in [1.82, 2.24) is 14.4 Å². The highest BCUT2D eigenvalue weighted by Gasteiger charge is 2.22. The summed E-state index contributed by atoms with van der Waals surface area (Å²) in [6, 6.07) is 3.05. The van der Waals surface area contributed by atoms with Gasteiger partial charge >= 0.3 is 0 Å². The van der Waals surface area contributed by atoms with E-state index in [1.165, 1.54) is 10.6 Å². The summed E-state index contributed by atoms with van der Waals surface area (Å²) in [6.07, 6.45) is 1.61. The summed E-state index contributed by atoms with van der Waals surface area (Å²) < 4.78 is 1.44. The molecule has 7 heteroatoms. The largest absolute Gasteiger partial charge is 0.392 e. The Balaban J connectivity index is 1.99. The van der Waals surface area contributed by atoms with Gasteiger partial charge in [0, 0.05) is 57.6 Å². The zero-order valence-electron chi connectivity index (χ0n) is 11.4. The van der Waals surface area contributed by atoms with Gasteiger partial charge in [-0.15, -0.1) is 0 Å². The average Bonchev–Trinajstić information content (AvgIpc) is 2.41. The third-order valence-electron chi connectivity index (χ3n) is 3.39. The lowest BCUT2D eigenvalue weighted by atomic mass is 10.2. The van der Waals surface area contributed by atoms with Crippen LogP contribution in [0.25, 0.3) is 0 Å². The van der Waals surface area contributed by atoms with Crippen LogP contribution in [0.2, 0.25) is 0 Å². The van der Waals surface area contributed by atoms with Gasteiger partial charge in [-0.05, 0) is 6.07 Å². The summed E-state index contributed by atoms with van der Waals surface area (Å²) in [7, 11) is 1.66. The van der Waals surface area contributed by atoms with Crippen LogP contribution in [0.1, 0.15) is 10.4 Å². The molecule has 0 aliphatic carbocycles. The number of hydrogen-bond donors (Lipinski definition) is 1. The number of amides is 1. The average molecular weight is 294 g/mol. The minimum atomic E-state index is -0.178. The van der Waals surface area contributed by atoms with Crippen molar-refractivity contribution in [3.63, 3.8) is 0 Å². The minimum Gasteiger partial charge on any atom is -0.392 e. The van der Waals surface area contributed by atoms with E-state index in [1.807, 2.05) is 0 Å². The van der Waals surface area contributed by atoms with Crippen molar-refractivity contribution in [2.45, 2.75) is 0 Å². The summed E-state index contributed by atoms with van der Waals surface area (Å²) in [5, 5.41) is 0.